The van der Waals surface area contributed by atoms with Crippen molar-refractivity contribution in [2.75, 3.05) is 23.9 Å². The number of carbonyl (C=O) groups is 4. The monoisotopic (exact) mass is 493 g/mol. The highest BCUT2D eigenvalue weighted by Crippen LogP contribution is 2.61. The summed E-state index contributed by atoms with van der Waals surface area (Å²) < 4.78 is 4.99. The lowest BCUT2D eigenvalue weighted by Crippen LogP contribution is -2.54. The van der Waals surface area contributed by atoms with Crippen LogP contribution in [0, 0.1) is 39.5 Å². The Hall–Kier alpha value is -3.04. The molecule has 0 saturated carbocycles. The van der Waals surface area contributed by atoms with Crippen LogP contribution in [-0.4, -0.2) is 48.3 Å². The second kappa shape index (κ2) is 7.24. The van der Waals surface area contributed by atoms with E-state index in [1.165, 1.54) is 23.3 Å². The van der Waals surface area contributed by atoms with Crippen LogP contribution in [0.1, 0.15) is 50.3 Å². The lowest BCUT2D eigenvalue weighted by Gasteiger charge is -2.36. The molecule has 4 aliphatic heterocycles. The lowest BCUT2D eigenvalue weighted by molar-refractivity contribution is -0.135. The van der Waals surface area contributed by atoms with Crippen molar-refractivity contribution in [2.24, 2.45) is 11.8 Å². The quantitative estimate of drug-likeness (QED) is 0.510. The number of benzene rings is 1. The molecule has 8 nitrogen and oxygen atoms in total. The van der Waals surface area contributed by atoms with Crippen molar-refractivity contribution >= 4 is 45.7 Å². The van der Waals surface area contributed by atoms with Gasteiger partial charge in [0.2, 0.25) is 17.7 Å². The van der Waals surface area contributed by atoms with Crippen LogP contribution in [0.5, 0.6) is 0 Å². The zero-order chi connectivity index (χ0) is 25.0. The van der Waals surface area contributed by atoms with Gasteiger partial charge in [0.1, 0.15) is 10.5 Å². The normalized spacial score (nSPS) is 29.1. The smallest absolute Gasteiger partial charge is 0.341 e. The van der Waals surface area contributed by atoms with E-state index in [4.69, 9.17) is 4.74 Å². The molecule has 1 aromatic carbocycles. The third kappa shape index (κ3) is 2.55. The van der Waals surface area contributed by atoms with Gasteiger partial charge in [-0.2, -0.15) is 0 Å². The van der Waals surface area contributed by atoms with Crippen LogP contribution in [0.4, 0.5) is 10.7 Å². The number of aryl methyl sites for hydroxylation is 3. The van der Waals surface area contributed by atoms with Crippen molar-refractivity contribution in [3.05, 3.63) is 44.8 Å². The first-order valence-electron chi connectivity index (χ1n) is 11.9. The highest BCUT2D eigenvalue weighted by atomic mass is 32.1. The summed E-state index contributed by atoms with van der Waals surface area (Å²) in [5.41, 5.74) is 3.18. The van der Waals surface area contributed by atoms with Gasteiger partial charge in [0.15, 0.2) is 0 Å². The number of hydrogen-bond acceptors (Lipinski definition) is 7. The minimum atomic E-state index is -1.23. The molecule has 2 aromatic rings. The molecule has 0 radical (unpaired) electrons. The van der Waals surface area contributed by atoms with Gasteiger partial charge in [0.25, 0.3) is 0 Å². The number of amides is 3. The molecule has 1 aromatic heterocycles. The predicted molar refractivity (Wildman–Crippen MR) is 131 cm³/mol. The first-order valence-corrected chi connectivity index (χ1v) is 12.7. The molecule has 0 bridgehead atoms. The molecule has 3 saturated heterocycles. The van der Waals surface area contributed by atoms with E-state index in [9.17, 15) is 19.2 Å². The fraction of sp³-hybridized carbons (Fsp3) is 0.462. The molecular weight excluding hydrogens is 466 g/mol. The Bertz CT molecular complexity index is 1360. The number of nitrogens with zero attached hydrogens (tertiary/aromatic N) is 2. The minimum Gasteiger partial charge on any atom is -0.465 e. The van der Waals surface area contributed by atoms with E-state index in [1.54, 1.807) is 6.92 Å². The number of carbonyl (C=O) groups excluding carboxylic acids is 4. The van der Waals surface area contributed by atoms with E-state index in [-0.39, 0.29) is 23.4 Å². The molecular formula is C26H27N3O5S. The van der Waals surface area contributed by atoms with Crippen LogP contribution >= 0.6 is 11.3 Å². The number of ether oxygens (including phenoxy) is 1. The second-order valence-electron chi connectivity index (χ2n) is 10.1. The van der Waals surface area contributed by atoms with Crippen LogP contribution in [0.3, 0.4) is 0 Å². The highest BCUT2D eigenvalue weighted by Gasteiger charge is 2.75. The van der Waals surface area contributed by atoms with Crippen LogP contribution in [0.25, 0.3) is 0 Å². The van der Waals surface area contributed by atoms with E-state index in [0.717, 1.165) is 40.1 Å². The van der Waals surface area contributed by atoms with Crippen LogP contribution < -0.4 is 10.2 Å². The van der Waals surface area contributed by atoms with Crippen molar-refractivity contribution in [1.29, 1.82) is 0 Å². The lowest BCUT2D eigenvalue weighted by atomic mass is 9.75. The zero-order valence-electron chi connectivity index (χ0n) is 20.4. The molecule has 35 heavy (non-hydrogen) atoms. The number of rotatable bonds is 2. The fourth-order valence-electron chi connectivity index (χ4n) is 6.97. The molecule has 5 heterocycles. The molecule has 182 valence electrons. The Balaban J connectivity index is 1.57. The summed E-state index contributed by atoms with van der Waals surface area (Å²) in [7, 11) is 1.29. The van der Waals surface area contributed by atoms with Gasteiger partial charge in [-0.15, -0.1) is 11.3 Å². The number of methoxy groups -OCH3 is 1. The summed E-state index contributed by atoms with van der Waals surface area (Å²) in [5, 5.41) is 3.36. The molecule has 4 atom stereocenters. The summed E-state index contributed by atoms with van der Waals surface area (Å²) in [4.78, 5) is 58.9. The molecule has 1 N–H and O–H groups in total. The maximum absolute atomic E-state index is 14.3. The standard InChI is InChI=1S/C26H27N3O5S/c1-11-9-12(2)20-15(10-11)26(25(33)27-20)19-18(16-7-6-8-28(16)26)21(30)29(22(19)31)23-17(24(32)34-5)13(3)14(4)35-23/h9-10,16,18-19H,6-8H2,1-5H3,(H,27,33)/t16-,18-,19+,26+/m1/s1. The maximum Gasteiger partial charge on any atom is 0.341 e. The van der Waals surface area contributed by atoms with Gasteiger partial charge in [-0.1, -0.05) is 17.7 Å². The van der Waals surface area contributed by atoms with Gasteiger partial charge < -0.3 is 10.1 Å². The molecule has 1 spiro atoms. The average Bonchev–Trinajstić information content (AvgIpc) is 3.56. The van der Waals surface area contributed by atoms with E-state index in [0.29, 0.717) is 17.1 Å². The molecule has 6 rings (SSSR count). The van der Waals surface area contributed by atoms with Gasteiger partial charge in [0.05, 0.1) is 24.5 Å². The zero-order valence-corrected chi connectivity index (χ0v) is 21.2. The van der Waals surface area contributed by atoms with Crippen molar-refractivity contribution < 1.29 is 23.9 Å². The topological polar surface area (TPSA) is 96.0 Å². The molecule has 0 aliphatic carbocycles. The SMILES string of the molecule is COC(=O)c1c(N2C(=O)[C@@H]3[C@H]4CCCN4[C@]4(C(=O)Nc5c(C)cc(C)cc54)[C@@H]3C2=O)sc(C)c1C. The number of hydrogen-bond donors (Lipinski definition) is 1. The Kier molecular flexibility index (Phi) is 4.64. The van der Waals surface area contributed by atoms with Crippen molar-refractivity contribution in [1.82, 2.24) is 4.90 Å². The first-order chi connectivity index (χ1) is 16.6. The van der Waals surface area contributed by atoms with E-state index < -0.39 is 29.3 Å². The largest absolute Gasteiger partial charge is 0.465 e. The Labute approximate surface area is 207 Å². The highest BCUT2D eigenvalue weighted by molar-refractivity contribution is 7.17. The van der Waals surface area contributed by atoms with E-state index >= 15 is 0 Å². The Morgan fingerprint density at radius 1 is 1.14 bits per heavy atom. The number of imide groups is 1. The Morgan fingerprint density at radius 2 is 1.89 bits per heavy atom. The van der Waals surface area contributed by atoms with Gasteiger partial charge in [-0.3, -0.25) is 19.3 Å². The van der Waals surface area contributed by atoms with Crippen molar-refractivity contribution in [2.45, 2.75) is 52.1 Å². The summed E-state index contributed by atoms with van der Waals surface area (Å²) in [5.74, 6) is -3.05. The fourth-order valence-corrected chi connectivity index (χ4v) is 8.12. The summed E-state index contributed by atoms with van der Waals surface area (Å²) in [6.45, 7) is 8.23. The second-order valence-corrected chi connectivity index (χ2v) is 11.3. The number of nitrogens with one attached hydrogen (secondary N) is 1. The molecule has 3 amide bonds. The Morgan fingerprint density at radius 3 is 2.60 bits per heavy atom. The van der Waals surface area contributed by atoms with Crippen molar-refractivity contribution in [3.63, 3.8) is 0 Å². The molecule has 3 fully saturated rings. The molecule has 0 unspecified atom stereocenters. The van der Waals surface area contributed by atoms with Gasteiger partial charge in [-0.05, 0) is 58.2 Å². The minimum absolute atomic E-state index is 0.206. The number of thiophene rings is 1. The third-order valence-corrected chi connectivity index (χ3v) is 9.59. The molecule has 9 heteroatoms. The summed E-state index contributed by atoms with van der Waals surface area (Å²) >= 11 is 1.24. The summed E-state index contributed by atoms with van der Waals surface area (Å²) in [6, 6.07) is 3.79. The van der Waals surface area contributed by atoms with E-state index in [1.807, 2.05) is 32.9 Å². The number of anilines is 2. The summed E-state index contributed by atoms with van der Waals surface area (Å²) in [6.07, 6.45) is 1.60. The van der Waals surface area contributed by atoms with Crippen LogP contribution in [0.2, 0.25) is 0 Å². The molecule has 4 aliphatic rings. The van der Waals surface area contributed by atoms with Crippen LogP contribution in [-0.2, 0) is 24.7 Å². The maximum atomic E-state index is 14.3. The predicted octanol–water partition coefficient (Wildman–Crippen LogP) is 3.20. The van der Waals surface area contributed by atoms with Gasteiger partial charge in [0, 0.05) is 22.2 Å². The van der Waals surface area contributed by atoms with E-state index in [2.05, 4.69) is 10.2 Å². The van der Waals surface area contributed by atoms with Gasteiger partial charge >= 0.3 is 5.97 Å². The van der Waals surface area contributed by atoms with Crippen LogP contribution in [0.15, 0.2) is 12.1 Å². The average molecular weight is 494 g/mol. The van der Waals surface area contributed by atoms with Crippen molar-refractivity contribution in [3.8, 4) is 0 Å². The third-order valence-electron chi connectivity index (χ3n) is 8.40. The van der Waals surface area contributed by atoms with Gasteiger partial charge in [-0.25, -0.2) is 9.69 Å². The number of esters is 1. The first kappa shape index (κ1) is 22.4. The number of fused-ring (bicyclic) bond motifs is 7.